The number of nitrogens with one attached hydrogen (secondary N) is 2. The van der Waals surface area contributed by atoms with E-state index in [2.05, 4.69) is 26.8 Å². The van der Waals surface area contributed by atoms with Gasteiger partial charge in [0.25, 0.3) is 0 Å². The minimum atomic E-state index is -0.510. The number of amides is 2. The van der Waals surface area contributed by atoms with Crippen LogP contribution >= 0.6 is 23.7 Å². The highest BCUT2D eigenvalue weighted by Crippen LogP contribution is 2.39. The molecule has 35 heavy (non-hydrogen) atoms. The summed E-state index contributed by atoms with van der Waals surface area (Å²) in [7, 11) is 0. The van der Waals surface area contributed by atoms with Crippen LogP contribution in [-0.4, -0.2) is 28.7 Å². The maximum absolute atomic E-state index is 12.4. The molecule has 0 spiro atoms. The van der Waals surface area contributed by atoms with Crippen LogP contribution in [0.4, 0.5) is 9.80 Å². The van der Waals surface area contributed by atoms with E-state index in [0.29, 0.717) is 34.9 Å². The van der Waals surface area contributed by atoms with Gasteiger partial charge in [0, 0.05) is 29.4 Å². The van der Waals surface area contributed by atoms with E-state index in [4.69, 9.17) is 9.26 Å². The molecule has 0 fully saturated rings. The lowest BCUT2D eigenvalue weighted by Crippen LogP contribution is -2.27. The van der Waals surface area contributed by atoms with E-state index in [0.717, 1.165) is 22.4 Å². The number of nitriles is 1. The van der Waals surface area contributed by atoms with Crippen molar-refractivity contribution in [2.75, 3.05) is 11.9 Å². The molecule has 2 amide bonds. The first-order chi connectivity index (χ1) is 16.5. The van der Waals surface area contributed by atoms with Gasteiger partial charge in [0.05, 0.1) is 18.7 Å². The zero-order chi connectivity index (χ0) is 23.9. The van der Waals surface area contributed by atoms with Crippen molar-refractivity contribution in [2.45, 2.75) is 32.7 Å². The fraction of sp³-hybridized carbons (Fsp3) is 0.292. The normalized spacial score (nSPS) is 14.5. The van der Waals surface area contributed by atoms with Crippen molar-refractivity contribution in [2.24, 2.45) is 5.92 Å². The Bertz CT molecular complexity index is 1250. The number of anilines is 1. The van der Waals surface area contributed by atoms with Gasteiger partial charge in [-0.05, 0) is 55.4 Å². The standard InChI is InChI=1S/C24H23N5O4S.ClH/c1-15-9-18(29-33-15)13-27-24(31)32-14-17-4-6-19-20(11-25)23(34-21(19)10-17)28-22(30)7-5-16-3-2-8-26-12-16;/h2-3,5,7-9,12,17H,4,6,10,13-14H2,1H3,(H,27,31)(H,28,30);1H. The van der Waals surface area contributed by atoms with E-state index in [1.165, 1.54) is 17.4 Å². The van der Waals surface area contributed by atoms with Gasteiger partial charge in [-0.3, -0.25) is 9.78 Å². The molecule has 3 aromatic rings. The van der Waals surface area contributed by atoms with Gasteiger partial charge in [0.1, 0.15) is 22.5 Å². The summed E-state index contributed by atoms with van der Waals surface area (Å²) >= 11 is 1.41. The molecule has 0 aromatic carbocycles. The van der Waals surface area contributed by atoms with Gasteiger partial charge in [0.2, 0.25) is 5.91 Å². The zero-order valence-corrected chi connectivity index (χ0v) is 20.6. The molecule has 1 aliphatic carbocycles. The van der Waals surface area contributed by atoms with Gasteiger partial charge in [0.15, 0.2) is 0 Å². The Balaban J connectivity index is 0.00000342. The summed E-state index contributed by atoms with van der Waals surface area (Å²) in [5.74, 6) is 0.514. The molecule has 182 valence electrons. The first kappa shape index (κ1) is 25.9. The van der Waals surface area contributed by atoms with Crippen LogP contribution in [0.25, 0.3) is 6.08 Å². The summed E-state index contributed by atoms with van der Waals surface area (Å²) < 4.78 is 10.3. The monoisotopic (exact) mass is 513 g/mol. The predicted molar refractivity (Wildman–Crippen MR) is 133 cm³/mol. The number of carbonyl (C=O) groups is 2. The number of aromatic nitrogens is 2. The molecule has 1 unspecified atom stereocenters. The molecule has 0 saturated heterocycles. The van der Waals surface area contributed by atoms with E-state index in [9.17, 15) is 14.9 Å². The van der Waals surface area contributed by atoms with Crippen LogP contribution in [0.15, 0.2) is 41.2 Å². The lowest BCUT2D eigenvalue weighted by atomic mass is 9.88. The number of fused-ring (bicyclic) bond motifs is 1. The molecule has 4 rings (SSSR count). The van der Waals surface area contributed by atoms with Crippen LogP contribution in [0.2, 0.25) is 0 Å². The van der Waals surface area contributed by atoms with E-state index in [1.807, 2.05) is 6.07 Å². The van der Waals surface area contributed by atoms with Crippen LogP contribution in [0.5, 0.6) is 0 Å². The number of hydrogen-bond donors (Lipinski definition) is 2. The second-order valence-corrected chi connectivity index (χ2v) is 9.02. The highest BCUT2D eigenvalue weighted by Gasteiger charge is 2.27. The maximum Gasteiger partial charge on any atom is 0.407 e. The molecule has 3 aromatic heterocycles. The van der Waals surface area contributed by atoms with Crippen molar-refractivity contribution < 1.29 is 18.8 Å². The Kier molecular flexibility index (Phi) is 9.00. The minimum Gasteiger partial charge on any atom is -0.449 e. The topological polar surface area (TPSA) is 130 Å². The number of nitrogens with zero attached hydrogens (tertiary/aromatic N) is 3. The molecule has 1 aliphatic rings. The predicted octanol–water partition coefficient (Wildman–Crippen LogP) is 4.42. The number of alkyl carbamates (subject to hydrolysis) is 1. The molecule has 2 N–H and O–H groups in total. The number of hydrogen-bond acceptors (Lipinski definition) is 8. The number of halogens is 1. The number of aryl methyl sites for hydroxylation is 1. The molecule has 9 nitrogen and oxygen atoms in total. The Hall–Kier alpha value is -3.68. The molecule has 1 atom stereocenters. The van der Waals surface area contributed by atoms with Crippen LogP contribution in [0.3, 0.4) is 0 Å². The summed E-state index contributed by atoms with van der Waals surface area (Å²) in [6, 6.07) is 7.62. The summed E-state index contributed by atoms with van der Waals surface area (Å²) in [5.41, 5.74) is 2.93. The van der Waals surface area contributed by atoms with Crippen molar-refractivity contribution >= 4 is 46.8 Å². The second-order valence-electron chi connectivity index (χ2n) is 7.92. The average molecular weight is 514 g/mol. The summed E-state index contributed by atoms with van der Waals surface area (Å²) in [6.45, 7) is 2.29. The van der Waals surface area contributed by atoms with Gasteiger partial charge in [-0.25, -0.2) is 4.79 Å². The first-order valence-corrected chi connectivity index (χ1v) is 11.6. The maximum atomic E-state index is 12.4. The summed E-state index contributed by atoms with van der Waals surface area (Å²) in [4.78, 5) is 29.4. The Morgan fingerprint density at radius 1 is 1.43 bits per heavy atom. The minimum absolute atomic E-state index is 0. The lowest BCUT2D eigenvalue weighted by molar-refractivity contribution is -0.111. The van der Waals surface area contributed by atoms with Gasteiger partial charge in [-0.2, -0.15) is 5.26 Å². The largest absolute Gasteiger partial charge is 0.449 e. The van der Waals surface area contributed by atoms with Crippen LogP contribution < -0.4 is 10.6 Å². The number of thiophene rings is 1. The number of carbonyl (C=O) groups excluding carboxylic acids is 2. The van der Waals surface area contributed by atoms with E-state index in [1.54, 1.807) is 37.5 Å². The molecule has 11 heteroatoms. The molecular weight excluding hydrogens is 490 g/mol. The van der Waals surface area contributed by atoms with E-state index in [-0.39, 0.29) is 37.4 Å². The Morgan fingerprint density at radius 2 is 2.29 bits per heavy atom. The fourth-order valence-corrected chi connectivity index (χ4v) is 5.03. The van der Waals surface area contributed by atoms with Gasteiger partial charge >= 0.3 is 6.09 Å². The number of ether oxygens (including phenoxy) is 1. The SMILES string of the molecule is Cc1cc(CNC(=O)OCC2CCc3c(sc(NC(=O)C=Cc4cccnc4)c3C#N)C2)no1.Cl. The first-order valence-electron chi connectivity index (χ1n) is 10.8. The van der Waals surface area contributed by atoms with Gasteiger partial charge < -0.3 is 19.9 Å². The smallest absolute Gasteiger partial charge is 0.407 e. The van der Waals surface area contributed by atoms with Crippen molar-refractivity contribution in [3.8, 4) is 6.07 Å². The molecule has 0 aliphatic heterocycles. The lowest BCUT2D eigenvalue weighted by Gasteiger charge is -2.21. The van der Waals surface area contributed by atoms with Crippen molar-refractivity contribution in [1.82, 2.24) is 15.5 Å². The Labute approximate surface area is 212 Å². The van der Waals surface area contributed by atoms with Crippen molar-refractivity contribution in [3.05, 3.63) is 69.7 Å². The van der Waals surface area contributed by atoms with Crippen LogP contribution in [0.1, 0.15) is 39.4 Å². The number of rotatable bonds is 7. The van der Waals surface area contributed by atoms with E-state index >= 15 is 0 Å². The zero-order valence-electron chi connectivity index (χ0n) is 18.9. The quantitative estimate of drug-likeness (QED) is 0.447. The molecule has 0 bridgehead atoms. The molecule has 0 saturated carbocycles. The third kappa shape index (κ3) is 6.91. The summed E-state index contributed by atoms with van der Waals surface area (Å²) in [5, 5.41) is 19.5. The highest BCUT2D eigenvalue weighted by molar-refractivity contribution is 7.16. The third-order valence-corrected chi connectivity index (χ3v) is 6.54. The van der Waals surface area contributed by atoms with Crippen LogP contribution in [-0.2, 0) is 28.9 Å². The van der Waals surface area contributed by atoms with Crippen molar-refractivity contribution in [1.29, 1.82) is 5.26 Å². The molecular formula is C24H24ClN5O4S. The third-order valence-electron chi connectivity index (χ3n) is 5.37. The van der Waals surface area contributed by atoms with Gasteiger partial charge in [-0.1, -0.05) is 11.2 Å². The molecule has 3 heterocycles. The van der Waals surface area contributed by atoms with E-state index < -0.39 is 6.09 Å². The van der Waals surface area contributed by atoms with Gasteiger partial charge in [-0.15, -0.1) is 23.7 Å². The number of pyridine rings is 1. The fourth-order valence-electron chi connectivity index (χ4n) is 3.71. The average Bonchev–Trinajstić information content (AvgIpc) is 3.42. The van der Waals surface area contributed by atoms with Crippen molar-refractivity contribution in [3.63, 3.8) is 0 Å². The molecule has 0 radical (unpaired) electrons. The second kappa shape index (κ2) is 12.1. The highest BCUT2D eigenvalue weighted by atomic mass is 35.5. The summed E-state index contributed by atoms with van der Waals surface area (Å²) in [6.07, 6.45) is 8.08. The van der Waals surface area contributed by atoms with Crippen LogP contribution in [0, 0.1) is 24.2 Å². The Morgan fingerprint density at radius 3 is 3.00 bits per heavy atom.